The van der Waals surface area contributed by atoms with Crippen LogP contribution in [0.15, 0.2) is 158 Å². The average molecular weight is 535 g/mol. The van der Waals surface area contributed by atoms with Crippen molar-refractivity contribution in [2.45, 2.75) is 5.41 Å². The molecule has 1 aliphatic carbocycles. The lowest BCUT2D eigenvalue weighted by Crippen LogP contribution is -2.28. The summed E-state index contributed by atoms with van der Waals surface area (Å²) in [6.45, 7) is 0. The highest BCUT2D eigenvalue weighted by atomic mass is 16.5. The largest absolute Gasteiger partial charge is 0.455 e. The summed E-state index contributed by atoms with van der Waals surface area (Å²) in [6, 6.07) is 57.2. The van der Waals surface area contributed by atoms with Crippen molar-refractivity contribution in [3.8, 4) is 44.9 Å². The van der Waals surface area contributed by atoms with Gasteiger partial charge in [-0.1, -0.05) is 140 Å². The first-order valence-electron chi connectivity index (χ1n) is 14.5. The Hall–Kier alpha value is -5.40. The van der Waals surface area contributed by atoms with Crippen molar-refractivity contribution in [2.24, 2.45) is 0 Å². The maximum absolute atomic E-state index is 6.72. The van der Waals surface area contributed by atoms with E-state index < -0.39 is 5.41 Å². The van der Waals surface area contributed by atoms with E-state index in [4.69, 9.17) is 4.74 Å². The minimum Gasteiger partial charge on any atom is -0.455 e. The van der Waals surface area contributed by atoms with Crippen molar-refractivity contribution in [1.29, 1.82) is 0 Å². The Bertz CT molecular complexity index is 2130. The minimum atomic E-state index is -0.433. The number of benzene rings is 7. The number of hydrogen-bond acceptors (Lipinski definition) is 1. The quantitative estimate of drug-likeness (QED) is 0.219. The van der Waals surface area contributed by atoms with Gasteiger partial charge in [-0.2, -0.15) is 0 Å². The Balaban J connectivity index is 1.33. The van der Waals surface area contributed by atoms with Crippen molar-refractivity contribution in [2.75, 3.05) is 0 Å². The third kappa shape index (κ3) is 3.08. The van der Waals surface area contributed by atoms with Gasteiger partial charge in [-0.3, -0.25) is 0 Å². The second-order valence-corrected chi connectivity index (χ2v) is 11.2. The summed E-state index contributed by atoms with van der Waals surface area (Å²) < 4.78 is 6.72. The number of rotatable bonds is 3. The van der Waals surface area contributed by atoms with E-state index in [1.54, 1.807) is 0 Å². The van der Waals surface area contributed by atoms with Crippen molar-refractivity contribution < 1.29 is 4.74 Å². The molecule has 7 aromatic carbocycles. The first kappa shape index (κ1) is 23.3. The SMILES string of the molecule is c1ccc(C2(c3cccc(-c4ccc5cccc6c5c4Oc4ccccc4-6)c3)c3ccccc3-c3ccccc32)cc1. The van der Waals surface area contributed by atoms with E-state index in [0.717, 1.165) is 28.2 Å². The molecule has 196 valence electrons. The first-order chi connectivity index (χ1) is 20.8. The van der Waals surface area contributed by atoms with Gasteiger partial charge >= 0.3 is 0 Å². The number of para-hydroxylation sites is 1. The molecule has 0 saturated carbocycles. The molecule has 0 radical (unpaired) electrons. The molecule has 0 atom stereocenters. The predicted molar refractivity (Wildman–Crippen MR) is 172 cm³/mol. The summed E-state index contributed by atoms with van der Waals surface area (Å²) in [5, 5.41) is 2.37. The van der Waals surface area contributed by atoms with E-state index in [0.29, 0.717) is 0 Å². The predicted octanol–water partition coefficient (Wildman–Crippen LogP) is 10.6. The second-order valence-electron chi connectivity index (χ2n) is 11.2. The summed E-state index contributed by atoms with van der Waals surface area (Å²) in [6.07, 6.45) is 0. The maximum atomic E-state index is 6.72. The molecular weight excluding hydrogens is 508 g/mol. The molecule has 0 unspecified atom stereocenters. The minimum absolute atomic E-state index is 0.433. The van der Waals surface area contributed by atoms with Crippen molar-refractivity contribution in [1.82, 2.24) is 0 Å². The van der Waals surface area contributed by atoms with Crippen molar-refractivity contribution >= 4 is 10.8 Å². The molecule has 9 rings (SSSR count). The molecule has 1 aliphatic heterocycles. The van der Waals surface area contributed by atoms with Crippen LogP contribution in [0.25, 0.3) is 44.2 Å². The maximum Gasteiger partial charge on any atom is 0.143 e. The zero-order chi connectivity index (χ0) is 27.7. The molecule has 1 heteroatoms. The van der Waals surface area contributed by atoms with Crippen molar-refractivity contribution in [3.63, 3.8) is 0 Å². The molecule has 0 saturated heterocycles. The monoisotopic (exact) mass is 534 g/mol. The molecule has 0 aromatic heterocycles. The van der Waals surface area contributed by atoms with E-state index in [2.05, 4.69) is 152 Å². The van der Waals surface area contributed by atoms with E-state index in [1.165, 1.54) is 49.7 Å². The molecule has 42 heavy (non-hydrogen) atoms. The van der Waals surface area contributed by atoms with Gasteiger partial charge < -0.3 is 4.74 Å². The van der Waals surface area contributed by atoms with Gasteiger partial charge in [-0.25, -0.2) is 0 Å². The fraction of sp³-hybridized carbons (Fsp3) is 0.0244. The lowest BCUT2D eigenvalue weighted by atomic mass is 9.67. The summed E-state index contributed by atoms with van der Waals surface area (Å²) in [5.74, 6) is 1.83. The highest BCUT2D eigenvalue weighted by Crippen LogP contribution is 2.57. The summed E-state index contributed by atoms with van der Waals surface area (Å²) in [4.78, 5) is 0. The van der Waals surface area contributed by atoms with Gasteiger partial charge in [0.05, 0.1) is 5.41 Å². The van der Waals surface area contributed by atoms with Crippen LogP contribution in [0.3, 0.4) is 0 Å². The fourth-order valence-corrected chi connectivity index (χ4v) is 7.42. The third-order valence-electron chi connectivity index (χ3n) is 9.15. The normalized spacial score (nSPS) is 13.6. The molecule has 1 nitrogen and oxygen atoms in total. The Morgan fingerprint density at radius 3 is 1.81 bits per heavy atom. The third-order valence-corrected chi connectivity index (χ3v) is 9.15. The van der Waals surface area contributed by atoms with E-state index in [-0.39, 0.29) is 0 Å². The van der Waals surface area contributed by atoms with Crippen LogP contribution < -0.4 is 4.74 Å². The molecule has 0 bridgehead atoms. The Morgan fingerprint density at radius 2 is 1.02 bits per heavy atom. The van der Waals surface area contributed by atoms with Crippen LogP contribution in [0, 0.1) is 0 Å². The zero-order valence-corrected chi connectivity index (χ0v) is 22.9. The first-order valence-corrected chi connectivity index (χ1v) is 14.5. The molecule has 0 amide bonds. The molecule has 0 spiro atoms. The lowest BCUT2D eigenvalue weighted by molar-refractivity contribution is 0.489. The van der Waals surface area contributed by atoms with Crippen LogP contribution in [-0.2, 0) is 5.41 Å². The Kier molecular flexibility index (Phi) is 4.88. The van der Waals surface area contributed by atoms with Gasteiger partial charge in [0.2, 0.25) is 0 Å². The number of ether oxygens (including phenoxy) is 1. The van der Waals surface area contributed by atoms with Crippen LogP contribution in [0.4, 0.5) is 0 Å². The van der Waals surface area contributed by atoms with Crippen LogP contribution >= 0.6 is 0 Å². The Morgan fingerprint density at radius 1 is 0.405 bits per heavy atom. The van der Waals surface area contributed by atoms with Gasteiger partial charge in [0.25, 0.3) is 0 Å². The van der Waals surface area contributed by atoms with Crippen LogP contribution in [0.2, 0.25) is 0 Å². The summed E-state index contributed by atoms with van der Waals surface area (Å²) in [5.41, 5.74) is 11.9. The van der Waals surface area contributed by atoms with E-state index in [1.807, 2.05) is 6.07 Å². The van der Waals surface area contributed by atoms with Crippen LogP contribution in [0.1, 0.15) is 22.3 Å². The smallest absolute Gasteiger partial charge is 0.143 e. The Labute approximate surface area is 245 Å². The molecule has 1 heterocycles. The lowest BCUT2D eigenvalue weighted by Gasteiger charge is -2.34. The molecule has 2 aliphatic rings. The standard InChI is InChI=1S/C41H26O/c1-2-14-29(15-3-1)41(36-21-7-4-17-32(36)33-18-5-8-22-37(33)41)30-16-10-13-28(26-30)31-25-24-27-12-11-20-35-34-19-6-9-23-38(34)42-40(31)39(27)35/h1-26H. The zero-order valence-electron chi connectivity index (χ0n) is 22.9. The van der Waals surface area contributed by atoms with Gasteiger partial charge in [-0.05, 0) is 68.1 Å². The number of fused-ring (bicyclic) bond motifs is 5. The van der Waals surface area contributed by atoms with Gasteiger partial charge in [0, 0.05) is 16.5 Å². The van der Waals surface area contributed by atoms with Crippen molar-refractivity contribution in [3.05, 3.63) is 180 Å². The van der Waals surface area contributed by atoms with Crippen LogP contribution in [-0.4, -0.2) is 0 Å². The fourth-order valence-electron chi connectivity index (χ4n) is 7.42. The second kappa shape index (κ2) is 8.80. The van der Waals surface area contributed by atoms with E-state index >= 15 is 0 Å². The topological polar surface area (TPSA) is 9.23 Å². The average Bonchev–Trinajstić information content (AvgIpc) is 3.37. The van der Waals surface area contributed by atoms with E-state index in [9.17, 15) is 0 Å². The molecule has 7 aromatic rings. The molecule has 0 fully saturated rings. The van der Waals surface area contributed by atoms with Crippen LogP contribution in [0.5, 0.6) is 11.5 Å². The summed E-state index contributed by atoms with van der Waals surface area (Å²) in [7, 11) is 0. The van der Waals surface area contributed by atoms with Gasteiger partial charge in [-0.15, -0.1) is 0 Å². The molecule has 0 N–H and O–H groups in total. The highest BCUT2D eigenvalue weighted by Gasteiger charge is 2.45. The highest BCUT2D eigenvalue weighted by molar-refractivity contribution is 6.07. The summed E-state index contributed by atoms with van der Waals surface area (Å²) >= 11 is 0. The molecular formula is C41H26O. The van der Waals surface area contributed by atoms with Gasteiger partial charge in [0.15, 0.2) is 0 Å². The van der Waals surface area contributed by atoms with Gasteiger partial charge in [0.1, 0.15) is 11.5 Å². The number of hydrogen-bond donors (Lipinski definition) is 0.